The monoisotopic (exact) mass is 355 g/mol. The van der Waals surface area contributed by atoms with E-state index in [0.717, 1.165) is 55.6 Å². The predicted octanol–water partition coefficient (Wildman–Crippen LogP) is 2.28. The van der Waals surface area contributed by atoms with Gasteiger partial charge in [-0.2, -0.15) is 5.10 Å². The van der Waals surface area contributed by atoms with Crippen molar-refractivity contribution in [2.75, 3.05) is 31.1 Å². The lowest BCUT2D eigenvalue weighted by molar-refractivity contribution is 0.213. The van der Waals surface area contributed by atoms with Crippen LogP contribution in [0.3, 0.4) is 0 Å². The first-order valence-corrected chi connectivity index (χ1v) is 9.86. The maximum atomic E-state index is 4.57. The molecule has 7 nitrogen and oxygen atoms in total. The zero-order chi connectivity index (χ0) is 17.9. The fourth-order valence-corrected chi connectivity index (χ4v) is 4.14. The number of aromatic nitrogens is 5. The fraction of sp³-hybridized carbons (Fsp3) is 0.684. The van der Waals surface area contributed by atoms with Crippen molar-refractivity contribution >= 4 is 5.82 Å². The van der Waals surface area contributed by atoms with Crippen molar-refractivity contribution in [2.24, 2.45) is 7.05 Å². The normalized spacial score (nSPS) is 21.9. The van der Waals surface area contributed by atoms with Crippen molar-refractivity contribution in [1.82, 2.24) is 29.9 Å². The summed E-state index contributed by atoms with van der Waals surface area (Å²) in [5.41, 5.74) is 0.956. The summed E-state index contributed by atoms with van der Waals surface area (Å²) in [7, 11) is 2.12. The molecule has 26 heavy (non-hydrogen) atoms. The smallest absolute Gasteiger partial charge is 0.151 e. The number of anilines is 1. The summed E-state index contributed by atoms with van der Waals surface area (Å²) in [4.78, 5) is 4.84. The van der Waals surface area contributed by atoms with Crippen LogP contribution >= 0.6 is 0 Å². The van der Waals surface area contributed by atoms with Crippen LogP contribution in [0.2, 0.25) is 0 Å². The van der Waals surface area contributed by atoms with E-state index < -0.39 is 0 Å². The molecule has 0 radical (unpaired) electrons. The van der Waals surface area contributed by atoms with Crippen molar-refractivity contribution < 1.29 is 0 Å². The standard InChI is InChI=1S/C19H29N7/c1-15-8-9-17(21-20-15)26-12-6-7-16(13-26)19-23-22-18(24(19)2)14-25-10-4-3-5-11-25/h8-9,16H,3-7,10-14H2,1-2H3/t16-/m0/s1. The second-order valence-electron chi connectivity index (χ2n) is 7.69. The molecule has 2 saturated heterocycles. The summed E-state index contributed by atoms with van der Waals surface area (Å²) in [6, 6.07) is 4.11. The van der Waals surface area contributed by atoms with Gasteiger partial charge in [0, 0.05) is 26.1 Å². The molecule has 4 heterocycles. The van der Waals surface area contributed by atoms with Crippen LogP contribution in [0, 0.1) is 6.92 Å². The van der Waals surface area contributed by atoms with E-state index in [-0.39, 0.29) is 0 Å². The van der Waals surface area contributed by atoms with Crippen LogP contribution in [0.1, 0.15) is 55.4 Å². The first-order chi connectivity index (χ1) is 12.7. The van der Waals surface area contributed by atoms with Crippen LogP contribution in [0.15, 0.2) is 12.1 Å². The molecule has 2 fully saturated rings. The molecule has 2 aromatic rings. The molecular formula is C19H29N7. The minimum atomic E-state index is 0.402. The largest absolute Gasteiger partial charge is 0.354 e. The van der Waals surface area contributed by atoms with Crippen molar-refractivity contribution in [2.45, 2.75) is 51.5 Å². The summed E-state index contributed by atoms with van der Waals surface area (Å²) in [6.07, 6.45) is 6.28. The minimum Gasteiger partial charge on any atom is -0.354 e. The Morgan fingerprint density at radius 2 is 1.81 bits per heavy atom. The third-order valence-corrected chi connectivity index (χ3v) is 5.71. The van der Waals surface area contributed by atoms with E-state index in [1.807, 2.05) is 13.0 Å². The average Bonchev–Trinajstić information content (AvgIpc) is 3.04. The second-order valence-corrected chi connectivity index (χ2v) is 7.69. The highest BCUT2D eigenvalue weighted by atomic mass is 15.3. The number of likely N-dealkylation sites (tertiary alicyclic amines) is 1. The van der Waals surface area contributed by atoms with Crippen molar-refractivity contribution in [3.63, 3.8) is 0 Å². The van der Waals surface area contributed by atoms with Crippen molar-refractivity contribution in [3.8, 4) is 0 Å². The highest BCUT2D eigenvalue weighted by Crippen LogP contribution is 2.28. The molecular weight excluding hydrogens is 326 g/mol. The SMILES string of the molecule is Cc1ccc(N2CCC[C@H](c3nnc(CN4CCCCC4)n3C)C2)nn1. The van der Waals surface area contributed by atoms with Gasteiger partial charge in [-0.25, -0.2) is 0 Å². The summed E-state index contributed by atoms with van der Waals surface area (Å²) >= 11 is 0. The van der Waals surface area contributed by atoms with Gasteiger partial charge in [0.15, 0.2) is 5.82 Å². The lowest BCUT2D eigenvalue weighted by atomic mass is 9.97. The number of piperidine rings is 2. The molecule has 0 saturated carbocycles. The van der Waals surface area contributed by atoms with Gasteiger partial charge < -0.3 is 9.47 Å². The van der Waals surface area contributed by atoms with Gasteiger partial charge in [-0.05, 0) is 57.8 Å². The van der Waals surface area contributed by atoms with E-state index in [4.69, 9.17) is 0 Å². The van der Waals surface area contributed by atoms with E-state index in [2.05, 4.69) is 47.9 Å². The van der Waals surface area contributed by atoms with E-state index in [1.165, 1.54) is 32.4 Å². The van der Waals surface area contributed by atoms with Gasteiger partial charge >= 0.3 is 0 Å². The fourth-order valence-electron chi connectivity index (χ4n) is 4.14. The number of hydrogen-bond acceptors (Lipinski definition) is 6. The zero-order valence-corrected chi connectivity index (χ0v) is 15.9. The highest BCUT2D eigenvalue weighted by Gasteiger charge is 2.27. The Morgan fingerprint density at radius 1 is 0.962 bits per heavy atom. The third kappa shape index (κ3) is 3.72. The lowest BCUT2D eigenvalue weighted by Crippen LogP contribution is -2.36. The molecule has 0 bridgehead atoms. The highest BCUT2D eigenvalue weighted by molar-refractivity contribution is 5.38. The van der Waals surface area contributed by atoms with E-state index in [1.54, 1.807) is 0 Å². The number of hydrogen-bond donors (Lipinski definition) is 0. The molecule has 2 aliphatic heterocycles. The van der Waals surface area contributed by atoms with Gasteiger partial charge in [-0.15, -0.1) is 15.3 Å². The maximum Gasteiger partial charge on any atom is 0.151 e. The number of rotatable bonds is 4. The maximum absolute atomic E-state index is 4.57. The number of nitrogens with zero attached hydrogens (tertiary/aromatic N) is 7. The Bertz CT molecular complexity index is 718. The van der Waals surface area contributed by atoms with Crippen LogP contribution < -0.4 is 4.90 Å². The molecule has 0 amide bonds. The van der Waals surface area contributed by atoms with E-state index in [0.29, 0.717) is 5.92 Å². The van der Waals surface area contributed by atoms with Crippen molar-refractivity contribution in [3.05, 3.63) is 29.5 Å². The van der Waals surface area contributed by atoms with Crippen LogP contribution in [0.4, 0.5) is 5.82 Å². The van der Waals surface area contributed by atoms with E-state index in [9.17, 15) is 0 Å². The molecule has 0 N–H and O–H groups in total. The zero-order valence-electron chi connectivity index (χ0n) is 15.9. The third-order valence-electron chi connectivity index (χ3n) is 5.71. The summed E-state index contributed by atoms with van der Waals surface area (Å²) < 4.78 is 2.23. The number of aryl methyl sites for hydroxylation is 1. The minimum absolute atomic E-state index is 0.402. The van der Waals surface area contributed by atoms with Crippen LogP contribution in [-0.4, -0.2) is 56.0 Å². The quantitative estimate of drug-likeness (QED) is 0.838. The summed E-state index contributed by atoms with van der Waals surface area (Å²) in [5, 5.41) is 17.7. The summed E-state index contributed by atoms with van der Waals surface area (Å²) in [5.74, 6) is 3.58. The van der Waals surface area contributed by atoms with Gasteiger partial charge in [0.2, 0.25) is 0 Å². The first kappa shape index (κ1) is 17.4. The van der Waals surface area contributed by atoms with Crippen LogP contribution in [0.5, 0.6) is 0 Å². The molecule has 2 aromatic heterocycles. The van der Waals surface area contributed by atoms with Gasteiger partial charge in [0.05, 0.1) is 12.2 Å². The predicted molar refractivity (Wildman–Crippen MR) is 101 cm³/mol. The molecule has 4 rings (SSSR count). The van der Waals surface area contributed by atoms with Gasteiger partial charge in [0.25, 0.3) is 0 Å². The van der Waals surface area contributed by atoms with Gasteiger partial charge in [-0.1, -0.05) is 6.42 Å². The first-order valence-electron chi connectivity index (χ1n) is 9.86. The average molecular weight is 355 g/mol. The second kappa shape index (κ2) is 7.70. The molecule has 0 aliphatic carbocycles. The molecule has 0 aromatic carbocycles. The van der Waals surface area contributed by atoms with Gasteiger partial charge in [0.1, 0.15) is 11.6 Å². The molecule has 1 atom stereocenters. The molecule has 7 heteroatoms. The molecule has 0 spiro atoms. The molecule has 0 unspecified atom stereocenters. The summed E-state index contributed by atoms with van der Waals surface area (Å²) in [6.45, 7) is 7.24. The lowest BCUT2D eigenvalue weighted by Gasteiger charge is -2.32. The van der Waals surface area contributed by atoms with Crippen LogP contribution in [-0.2, 0) is 13.6 Å². The Labute approximate surface area is 155 Å². The molecule has 140 valence electrons. The van der Waals surface area contributed by atoms with Crippen molar-refractivity contribution in [1.29, 1.82) is 0 Å². The van der Waals surface area contributed by atoms with Gasteiger partial charge in [-0.3, -0.25) is 4.90 Å². The molecule has 2 aliphatic rings. The topological polar surface area (TPSA) is 63.0 Å². The Balaban J connectivity index is 1.45. The van der Waals surface area contributed by atoms with E-state index >= 15 is 0 Å². The Hall–Kier alpha value is -2.02. The van der Waals surface area contributed by atoms with Crippen LogP contribution in [0.25, 0.3) is 0 Å². The Morgan fingerprint density at radius 3 is 2.58 bits per heavy atom. The Kier molecular flexibility index (Phi) is 5.15.